The van der Waals surface area contributed by atoms with E-state index in [1.54, 1.807) is 0 Å². The van der Waals surface area contributed by atoms with Crippen LogP contribution in [0.15, 0.2) is 23.1 Å². The molecule has 0 bridgehead atoms. The van der Waals surface area contributed by atoms with E-state index >= 15 is 0 Å². The predicted octanol–water partition coefficient (Wildman–Crippen LogP) is 3.29. The van der Waals surface area contributed by atoms with Crippen molar-refractivity contribution in [3.63, 3.8) is 0 Å². The lowest BCUT2D eigenvalue weighted by atomic mass is 10.1. The van der Waals surface area contributed by atoms with E-state index in [0.29, 0.717) is 6.54 Å². The van der Waals surface area contributed by atoms with Crippen molar-refractivity contribution in [2.24, 2.45) is 0 Å². The minimum Gasteiger partial charge on any atom is -0.207 e. The quantitative estimate of drug-likeness (QED) is 0.748. The van der Waals surface area contributed by atoms with Crippen molar-refractivity contribution in [3.05, 3.63) is 29.8 Å². The van der Waals surface area contributed by atoms with Gasteiger partial charge in [0.2, 0.25) is 10.0 Å². The molecule has 1 heterocycles. The predicted molar refractivity (Wildman–Crippen MR) is 76.3 cm³/mol. The Morgan fingerprint density at radius 2 is 2.05 bits per heavy atom. The first-order valence-electron chi connectivity index (χ1n) is 6.49. The van der Waals surface area contributed by atoms with Crippen LogP contribution in [0.2, 0.25) is 0 Å². The summed E-state index contributed by atoms with van der Waals surface area (Å²) in [6, 6.07) is 2.68. The van der Waals surface area contributed by atoms with E-state index in [9.17, 15) is 17.2 Å². The summed E-state index contributed by atoms with van der Waals surface area (Å²) in [6.07, 6.45) is 3.27. The Hall–Kier alpha value is -0.530. The van der Waals surface area contributed by atoms with Gasteiger partial charge in [0.05, 0.1) is 4.90 Å². The van der Waals surface area contributed by atoms with Crippen molar-refractivity contribution in [2.45, 2.75) is 36.6 Å². The molecule has 0 radical (unpaired) electrons. The number of hydrogen-bond donors (Lipinski definition) is 0. The molecular formula is C13H16BrF2NO2S. The van der Waals surface area contributed by atoms with Gasteiger partial charge < -0.3 is 0 Å². The van der Waals surface area contributed by atoms with Crippen LogP contribution in [0.25, 0.3) is 0 Å². The second kappa shape index (κ2) is 6.49. The van der Waals surface area contributed by atoms with Crippen LogP contribution in [0.5, 0.6) is 0 Å². The summed E-state index contributed by atoms with van der Waals surface area (Å²) in [4.78, 5) is -0.179. The normalized spacial score (nSPS) is 20.4. The number of hydrogen-bond acceptors (Lipinski definition) is 2. The maximum Gasteiger partial charge on any atom is 0.243 e. The Kier molecular flexibility index (Phi) is 5.14. The van der Waals surface area contributed by atoms with Gasteiger partial charge in [0, 0.05) is 17.9 Å². The Morgan fingerprint density at radius 3 is 2.70 bits per heavy atom. The molecule has 1 aromatic carbocycles. The van der Waals surface area contributed by atoms with Crippen molar-refractivity contribution >= 4 is 26.0 Å². The van der Waals surface area contributed by atoms with Gasteiger partial charge in [-0.3, -0.25) is 0 Å². The van der Waals surface area contributed by atoms with Crippen molar-refractivity contribution in [1.29, 1.82) is 0 Å². The summed E-state index contributed by atoms with van der Waals surface area (Å²) >= 11 is 3.33. The highest BCUT2D eigenvalue weighted by molar-refractivity contribution is 9.09. The lowest BCUT2D eigenvalue weighted by Crippen LogP contribution is -2.35. The van der Waals surface area contributed by atoms with Crippen molar-refractivity contribution < 1.29 is 17.2 Å². The summed E-state index contributed by atoms with van der Waals surface area (Å²) in [6.45, 7) is 0.439. The fourth-order valence-corrected chi connectivity index (χ4v) is 4.56. The van der Waals surface area contributed by atoms with Crippen LogP contribution in [-0.2, 0) is 10.0 Å². The maximum atomic E-state index is 13.2. The molecule has 0 aliphatic carbocycles. The monoisotopic (exact) mass is 367 g/mol. The molecule has 1 aliphatic heterocycles. The highest BCUT2D eigenvalue weighted by atomic mass is 79.9. The zero-order chi connectivity index (χ0) is 14.8. The molecule has 0 amide bonds. The van der Waals surface area contributed by atoms with Crippen LogP contribution in [0.1, 0.15) is 25.7 Å². The van der Waals surface area contributed by atoms with Crippen molar-refractivity contribution in [2.75, 3.05) is 11.9 Å². The molecule has 0 spiro atoms. The average Bonchev–Trinajstić information content (AvgIpc) is 2.88. The Morgan fingerprint density at radius 1 is 1.30 bits per heavy atom. The van der Waals surface area contributed by atoms with Gasteiger partial charge in [0.15, 0.2) is 11.6 Å². The second-order valence-corrected chi connectivity index (χ2v) is 7.50. The van der Waals surface area contributed by atoms with Gasteiger partial charge in [-0.1, -0.05) is 15.9 Å². The third-order valence-electron chi connectivity index (χ3n) is 3.49. The van der Waals surface area contributed by atoms with Crippen LogP contribution in [0.4, 0.5) is 8.78 Å². The van der Waals surface area contributed by atoms with Crippen LogP contribution >= 0.6 is 15.9 Å². The molecule has 0 aromatic heterocycles. The molecule has 1 unspecified atom stereocenters. The molecule has 0 N–H and O–H groups in total. The topological polar surface area (TPSA) is 37.4 Å². The van der Waals surface area contributed by atoms with Crippen LogP contribution in [0, 0.1) is 11.6 Å². The first-order chi connectivity index (χ1) is 9.46. The van der Waals surface area contributed by atoms with Gasteiger partial charge in [-0.2, -0.15) is 4.31 Å². The first kappa shape index (κ1) is 15.9. The van der Waals surface area contributed by atoms with Gasteiger partial charge in [-0.05, 0) is 43.9 Å². The molecule has 1 fully saturated rings. The summed E-state index contributed by atoms with van der Waals surface area (Å²) in [5.41, 5.74) is 0. The molecule has 2 rings (SSSR count). The molecule has 1 aliphatic rings. The van der Waals surface area contributed by atoms with Gasteiger partial charge in [0.25, 0.3) is 0 Å². The standard InChI is InChI=1S/C13H16BrF2NO2S/c14-7-1-3-10-4-2-8-17(10)20(18,19)11-5-6-12(15)13(16)9-11/h5-6,9-10H,1-4,7-8H2. The average molecular weight is 368 g/mol. The molecule has 7 heteroatoms. The van der Waals surface area contributed by atoms with Gasteiger partial charge in [0.1, 0.15) is 0 Å². The van der Waals surface area contributed by atoms with Crippen LogP contribution in [-0.4, -0.2) is 30.6 Å². The number of alkyl halides is 1. The van der Waals surface area contributed by atoms with E-state index in [1.165, 1.54) is 4.31 Å². The third-order valence-corrected chi connectivity index (χ3v) is 6.00. The maximum absolute atomic E-state index is 13.2. The lowest BCUT2D eigenvalue weighted by Gasteiger charge is -2.24. The molecule has 20 heavy (non-hydrogen) atoms. The molecule has 1 atom stereocenters. The Bertz CT molecular complexity index is 580. The molecular weight excluding hydrogens is 352 g/mol. The van der Waals surface area contributed by atoms with Crippen LogP contribution in [0.3, 0.4) is 0 Å². The smallest absolute Gasteiger partial charge is 0.207 e. The molecule has 1 saturated heterocycles. The molecule has 3 nitrogen and oxygen atoms in total. The summed E-state index contributed by atoms with van der Waals surface area (Å²) in [5.74, 6) is -2.18. The fraction of sp³-hybridized carbons (Fsp3) is 0.538. The van der Waals surface area contributed by atoms with Crippen molar-refractivity contribution in [1.82, 2.24) is 4.31 Å². The summed E-state index contributed by atoms with van der Waals surface area (Å²) in [7, 11) is -3.75. The summed E-state index contributed by atoms with van der Waals surface area (Å²) < 4.78 is 52.6. The van der Waals surface area contributed by atoms with Gasteiger partial charge in [-0.25, -0.2) is 17.2 Å². The largest absolute Gasteiger partial charge is 0.243 e. The Balaban J connectivity index is 2.26. The minimum absolute atomic E-state index is 0.0503. The highest BCUT2D eigenvalue weighted by Crippen LogP contribution is 2.29. The van der Waals surface area contributed by atoms with E-state index in [2.05, 4.69) is 15.9 Å². The minimum atomic E-state index is -3.75. The number of rotatable bonds is 5. The fourth-order valence-electron chi connectivity index (χ4n) is 2.50. The van der Waals surface area contributed by atoms with Gasteiger partial charge >= 0.3 is 0 Å². The van der Waals surface area contributed by atoms with E-state index in [-0.39, 0.29) is 10.9 Å². The molecule has 1 aromatic rings. The second-order valence-electron chi connectivity index (χ2n) is 4.82. The third kappa shape index (κ3) is 3.20. The first-order valence-corrected chi connectivity index (χ1v) is 9.06. The van der Waals surface area contributed by atoms with E-state index < -0.39 is 21.7 Å². The number of halogens is 3. The van der Waals surface area contributed by atoms with Crippen molar-refractivity contribution in [3.8, 4) is 0 Å². The number of nitrogens with zero attached hydrogens (tertiary/aromatic N) is 1. The highest BCUT2D eigenvalue weighted by Gasteiger charge is 2.35. The Labute approximate surface area is 126 Å². The van der Waals surface area contributed by atoms with Crippen LogP contribution < -0.4 is 0 Å². The van der Waals surface area contributed by atoms with E-state index in [4.69, 9.17) is 0 Å². The molecule has 0 saturated carbocycles. The zero-order valence-corrected chi connectivity index (χ0v) is 13.3. The lowest BCUT2D eigenvalue weighted by molar-refractivity contribution is 0.368. The number of sulfonamides is 1. The number of benzene rings is 1. The summed E-state index contributed by atoms with van der Waals surface area (Å²) in [5, 5.41) is 0.822. The van der Waals surface area contributed by atoms with E-state index in [0.717, 1.165) is 49.2 Å². The van der Waals surface area contributed by atoms with E-state index in [1.807, 2.05) is 0 Å². The zero-order valence-electron chi connectivity index (χ0n) is 10.9. The molecule has 112 valence electrons. The van der Waals surface area contributed by atoms with Gasteiger partial charge in [-0.15, -0.1) is 0 Å². The SMILES string of the molecule is O=S(=O)(c1ccc(F)c(F)c1)N1CCCC1CCCBr.